The van der Waals surface area contributed by atoms with Gasteiger partial charge in [-0.1, -0.05) is 200 Å². The molecule has 1 aliphatic heterocycles. The molecule has 0 fully saturated rings. The average molecular weight is 692 g/mol. The Morgan fingerprint density at radius 1 is 0.302 bits per heavy atom. The van der Waals surface area contributed by atoms with E-state index in [4.69, 9.17) is 15.0 Å². The minimum atomic E-state index is -2.82. The maximum absolute atomic E-state index is 5.21. The minimum absolute atomic E-state index is 0.651. The van der Waals surface area contributed by atoms with E-state index in [2.05, 4.69) is 176 Å². The third-order valence-electron chi connectivity index (χ3n) is 10.6. The second-order valence-corrected chi connectivity index (χ2v) is 17.3. The topological polar surface area (TPSA) is 38.7 Å². The fourth-order valence-corrected chi connectivity index (χ4v) is 13.6. The van der Waals surface area contributed by atoms with Crippen LogP contribution in [0.3, 0.4) is 0 Å². The third-order valence-corrected chi connectivity index (χ3v) is 15.5. The lowest BCUT2D eigenvalue weighted by Crippen LogP contribution is -2.73. The van der Waals surface area contributed by atoms with Gasteiger partial charge in [-0.05, 0) is 53.8 Å². The van der Waals surface area contributed by atoms with E-state index >= 15 is 0 Å². The lowest BCUT2D eigenvalue weighted by Gasteiger charge is -2.32. The van der Waals surface area contributed by atoms with Crippen LogP contribution in [0.4, 0.5) is 0 Å². The van der Waals surface area contributed by atoms with E-state index < -0.39 is 8.07 Å². The first-order chi connectivity index (χ1) is 26.3. The molecule has 0 radical (unpaired) electrons. The summed E-state index contributed by atoms with van der Waals surface area (Å²) in [5, 5.41) is 8.07. The van der Waals surface area contributed by atoms with Gasteiger partial charge in [-0.2, -0.15) is 0 Å². The van der Waals surface area contributed by atoms with Gasteiger partial charge in [-0.15, -0.1) is 0 Å². The molecule has 3 nitrogen and oxygen atoms in total. The largest absolute Gasteiger partial charge is 0.208 e. The second-order valence-electron chi connectivity index (χ2n) is 13.6. The first-order valence-corrected chi connectivity index (χ1v) is 20.0. The van der Waals surface area contributed by atoms with Gasteiger partial charge in [0.1, 0.15) is 0 Å². The summed E-state index contributed by atoms with van der Waals surface area (Å²) in [4.78, 5) is 15.4. The van der Waals surface area contributed by atoms with Gasteiger partial charge in [-0.3, -0.25) is 0 Å². The third kappa shape index (κ3) is 5.15. The summed E-state index contributed by atoms with van der Waals surface area (Å²) in [6.07, 6.45) is 0. The van der Waals surface area contributed by atoms with Crippen LogP contribution in [-0.4, -0.2) is 23.0 Å². The van der Waals surface area contributed by atoms with Gasteiger partial charge < -0.3 is 0 Å². The summed E-state index contributed by atoms with van der Waals surface area (Å²) in [6.45, 7) is 0. The van der Waals surface area contributed by atoms with Crippen LogP contribution >= 0.6 is 0 Å². The van der Waals surface area contributed by atoms with Gasteiger partial charge in [0.2, 0.25) is 0 Å². The van der Waals surface area contributed by atoms with Crippen molar-refractivity contribution in [3.05, 3.63) is 200 Å². The molecule has 1 unspecified atom stereocenters. The number of nitrogens with zero attached hydrogens (tertiary/aromatic N) is 3. The molecule has 0 N–H and O–H groups in total. The maximum Gasteiger partial charge on any atom is 0.181 e. The van der Waals surface area contributed by atoms with E-state index in [1.165, 1.54) is 48.2 Å². The van der Waals surface area contributed by atoms with Crippen LogP contribution in [0.1, 0.15) is 0 Å². The normalized spacial score (nSPS) is 14.5. The van der Waals surface area contributed by atoms with Gasteiger partial charge in [0.25, 0.3) is 0 Å². The Morgan fingerprint density at radius 2 is 0.774 bits per heavy atom. The number of benzene rings is 8. The van der Waals surface area contributed by atoms with E-state index in [0.717, 1.165) is 22.3 Å². The van der Waals surface area contributed by atoms with Crippen molar-refractivity contribution in [2.24, 2.45) is 0 Å². The number of hydrogen-bond acceptors (Lipinski definition) is 3. The summed E-state index contributed by atoms with van der Waals surface area (Å²) in [7, 11) is -2.82. The van der Waals surface area contributed by atoms with E-state index in [9.17, 15) is 0 Å². The zero-order valence-electron chi connectivity index (χ0n) is 28.9. The minimum Gasteiger partial charge on any atom is -0.208 e. The molecular weight excluding hydrogens is 659 g/mol. The van der Waals surface area contributed by atoms with Gasteiger partial charge in [0, 0.05) is 16.7 Å². The quantitative estimate of drug-likeness (QED) is 0.163. The highest BCUT2D eigenvalue weighted by atomic mass is 28.3. The maximum atomic E-state index is 5.21. The summed E-state index contributed by atoms with van der Waals surface area (Å²) in [6, 6.07) is 71.9. The van der Waals surface area contributed by atoms with Crippen LogP contribution in [0, 0.1) is 0 Å². The number of rotatable bonds is 6. The van der Waals surface area contributed by atoms with Gasteiger partial charge >= 0.3 is 0 Å². The first-order valence-electron chi connectivity index (χ1n) is 18.0. The Kier molecular flexibility index (Phi) is 7.48. The Hall–Kier alpha value is -6.75. The molecule has 0 aliphatic carbocycles. The molecular formula is C49H33N3Si. The zero-order chi connectivity index (χ0) is 35.2. The molecule has 0 spiro atoms. The molecule has 8 aromatic carbocycles. The highest BCUT2D eigenvalue weighted by molar-refractivity contribution is 7.23. The van der Waals surface area contributed by atoms with E-state index in [1.807, 2.05) is 24.3 Å². The number of aromatic nitrogens is 3. The molecule has 2 heterocycles. The molecule has 53 heavy (non-hydrogen) atoms. The Balaban J connectivity index is 1.21. The van der Waals surface area contributed by atoms with Crippen LogP contribution in [0.25, 0.3) is 67.2 Å². The van der Waals surface area contributed by atoms with Crippen molar-refractivity contribution in [2.45, 2.75) is 0 Å². The SMILES string of the molecule is c1ccc(-c2ccc(-c3nc(-c4ccccc4)nc(-c4ccc5c(c4)[Si](c4ccccc4)(c4cccc6ccccc46)c4ccccc4-5)n3)cc2)cc1. The van der Waals surface area contributed by atoms with Crippen molar-refractivity contribution in [3.63, 3.8) is 0 Å². The standard InChI is InChI=1S/C49H33N3Si/c1-4-15-34(16-5-1)35-27-29-38(30-28-35)48-50-47(37-18-6-2-7-19-37)51-49(52-48)39-31-32-43-42-24-12-13-25-45(42)53(46(43)33-39,40-21-8-3-9-22-40)44-26-14-20-36-17-10-11-23-41(36)44/h1-33H. The summed E-state index contributed by atoms with van der Waals surface area (Å²) >= 11 is 0. The van der Waals surface area contributed by atoms with E-state index in [-0.39, 0.29) is 0 Å². The molecule has 4 heteroatoms. The average Bonchev–Trinajstić information content (AvgIpc) is 3.54. The molecule has 1 aromatic heterocycles. The van der Waals surface area contributed by atoms with Crippen LogP contribution in [0.5, 0.6) is 0 Å². The van der Waals surface area contributed by atoms with Gasteiger partial charge in [0.05, 0.1) is 0 Å². The van der Waals surface area contributed by atoms with Crippen molar-refractivity contribution >= 4 is 39.6 Å². The molecule has 1 aliphatic rings. The highest BCUT2D eigenvalue weighted by Crippen LogP contribution is 2.33. The Labute approximate surface area is 310 Å². The fourth-order valence-electron chi connectivity index (χ4n) is 8.21. The monoisotopic (exact) mass is 691 g/mol. The van der Waals surface area contributed by atoms with Crippen LogP contribution < -0.4 is 20.7 Å². The van der Waals surface area contributed by atoms with Crippen molar-refractivity contribution in [1.82, 2.24) is 15.0 Å². The molecule has 0 saturated heterocycles. The number of fused-ring (bicyclic) bond motifs is 4. The molecule has 248 valence electrons. The van der Waals surface area contributed by atoms with E-state index in [0.29, 0.717) is 17.5 Å². The molecule has 0 bridgehead atoms. The summed E-state index contributed by atoms with van der Waals surface area (Å²) < 4.78 is 0. The Morgan fingerprint density at radius 3 is 1.51 bits per heavy atom. The molecule has 9 aromatic rings. The van der Waals surface area contributed by atoms with Gasteiger partial charge in [0.15, 0.2) is 25.5 Å². The fraction of sp³-hybridized carbons (Fsp3) is 0. The first kappa shape index (κ1) is 31.0. The van der Waals surface area contributed by atoms with Gasteiger partial charge in [-0.25, -0.2) is 15.0 Å². The summed E-state index contributed by atoms with van der Waals surface area (Å²) in [5.74, 6) is 1.97. The lowest BCUT2D eigenvalue weighted by atomic mass is 10.0. The van der Waals surface area contributed by atoms with Crippen molar-refractivity contribution < 1.29 is 0 Å². The highest BCUT2D eigenvalue weighted by Gasteiger charge is 2.49. The van der Waals surface area contributed by atoms with Crippen molar-refractivity contribution in [1.29, 1.82) is 0 Å². The smallest absolute Gasteiger partial charge is 0.181 e. The predicted octanol–water partition coefficient (Wildman–Crippen LogP) is 9.05. The lowest BCUT2D eigenvalue weighted by molar-refractivity contribution is 1.07. The number of hydrogen-bond donors (Lipinski definition) is 0. The van der Waals surface area contributed by atoms with Crippen LogP contribution in [-0.2, 0) is 0 Å². The molecule has 1 atom stereocenters. The molecule has 0 amide bonds. The predicted molar refractivity (Wildman–Crippen MR) is 222 cm³/mol. The Bertz CT molecular complexity index is 2760. The van der Waals surface area contributed by atoms with E-state index in [1.54, 1.807) is 0 Å². The van der Waals surface area contributed by atoms with Crippen LogP contribution in [0.15, 0.2) is 200 Å². The van der Waals surface area contributed by atoms with Crippen LogP contribution in [0.2, 0.25) is 0 Å². The molecule has 0 saturated carbocycles. The molecule has 10 rings (SSSR count). The second kappa shape index (κ2) is 12.8. The summed E-state index contributed by atoms with van der Waals surface area (Å²) in [5.41, 5.74) is 7.79. The van der Waals surface area contributed by atoms with Crippen molar-refractivity contribution in [3.8, 4) is 56.4 Å². The van der Waals surface area contributed by atoms with Crippen molar-refractivity contribution in [2.75, 3.05) is 0 Å². The zero-order valence-corrected chi connectivity index (χ0v) is 29.9.